The molecule has 1 aliphatic carbocycles. The second-order valence-corrected chi connectivity index (χ2v) is 9.36. The van der Waals surface area contributed by atoms with Gasteiger partial charge in [-0.05, 0) is 74.6 Å². The molecule has 172 valence electrons. The smallest absolute Gasteiger partial charge is 0.137 e. The first-order valence-corrected chi connectivity index (χ1v) is 12.3. The lowest BCUT2D eigenvalue weighted by Crippen LogP contribution is -2.31. The number of nitrogens with zero attached hydrogens (tertiary/aromatic N) is 3. The Morgan fingerprint density at radius 2 is 1.91 bits per heavy atom. The molecule has 3 aromatic rings. The predicted octanol–water partition coefficient (Wildman–Crippen LogP) is 5.24. The van der Waals surface area contributed by atoms with Crippen LogP contribution in [0.15, 0.2) is 42.5 Å². The maximum absolute atomic E-state index is 5.40. The standard InChI is InChI=1S/C28H34N4O/c1-20-10-11-24-22(16-20)19-25-27(24)28(29-12-7-15-32-13-4-3-5-14-32)31-26(30-25)18-21-8-6-9-23(17-21)33-2/h6,8-11,16-17H,3-5,7,12-15,18-19H2,1-2H3,(H,29,30,31). The van der Waals surface area contributed by atoms with Gasteiger partial charge in [-0.3, -0.25) is 0 Å². The summed E-state index contributed by atoms with van der Waals surface area (Å²) in [4.78, 5) is 12.6. The van der Waals surface area contributed by atoms with E-state index in [0.29, 0.717) is 6.42 Å². The molecular formula is C28H34N4O. The lowest BCUT2D eigenvalue weighted by Gasteiger charge is -2.26. The maximum atomic E-state index is 5.40. The van der Waals surface area contributed by atoms with Gasteiger partial charge in [0.2, 0.25) is 0 Å². The van der Waals surface area contributed by atoms with Crippen LogP contribution in [0.25, 0.3) is 11.1 Å². The van der Waals surface area contributed by atoms with E-state index in [0.717, 1.165) is 54.6 Å². The summed E-state index contributed by atoms with van der Waals surface area (Å²) in [6, 6.07) is 14.9. The molecule has 0 radical (unpaired) electrons. The molecule has 5 nitrogen and oxygen atoms in total. The van der Waals surface area contributed by atoms with Gasteiger partial charge in [0.15, 0.2) is 0 Å². The molecule has 1 N–H and O–H groups in total. The Labute approximate surface area is 197 Å². The molecular weight excluding hydrogens is 408 g/mol. The van der Waals surface area contributed by atoms with Gasteiger partial charge in [-0.15, -0.1) is 0 Å². The molecule has 2 heterocycles. The Morgan fingerprint density at radius 1 is 1.03 bits per heavy atom. The molecule has 0 saturated carbocycles. The summed E-state index contributed by atoms with van der Waals surface area (Å²) in [5, 5.41) is 3.69. The van der Waals surface area contributed by atoms with Crippen molar-refractivity contribution in [3.05, 3.63) is 70.7 Å². The van der Waals surface area contributed by atoms with Crippen molar-refractivity contribution in [3.8, 4) is 16.9 Å². The van der Waals surface area contributed by atoms with Crippen molar-refractivity contribution in [1.29, 1.82) is 0 Å². The highest BCUT2D eigenvalue weighted by Gasteiger charge is 2.25. The summed E-state index contributed by atoms with van der Waals surface area (Å²) in [5.41, 5.74) is 7.43. The van der Waals surface area contributed by atoms with Gasteiger partial charge in [-0.25, -0.2) is 9.97 Å². The van der Waals surface area contributed by atoms with E-state index in [-0.39, 0.29) is 0 Å². The van der Waals surface area contributed by atoms with Crippen LogP contribution in [0.3, 0.4) is 0 Å². The van der Waals surface area contributed by atoms with E-state index in [1.807, 2.05) is 12.1 Å². The highest BCUT2D eigenvalue weighted by Crippen LogP contribution is 2.40. The number of likely N-dealkylation sites (tertiary alicyclic amines) is 1. The normalized spacial score (nSPS) is 15.2. The topological polar surface area (TPSA) is 50.3 Å². The average molecular weight is 443 g/mol. The molecule has 5 heteroatoms. The van der Waals surface area contributed by atoms with Crippen LogP contribution in [-0.2, 0) is 12.8 Å². The Balaban J connectivity index is 1.38. The number of fused-ring (bicyclic) bond motifs is 3. The van der Waals surface area contributed by atoms with Crippen molar-refractivity contribution >= 4 is 5.82 Å². The van der Waals surface area contributed by atoms with Gasteiger partial charge in [0, 0.05) is 24.9 Å². The zero-order valence-corrected chi connectivity index (χ0v) is 19.9. The van der Waals surface area contributed by atoms with Gasteiger partial charge in [-0.2, -0.15) is 0 Å². The molecule has 0 bridgehead atoms. The Hall–Kier alpha value is -2.92. The second-order valence-electron chi connectivity index (χ2n) is 9.36. The van der Waals surface area contributed by atoms with Crippen LogP contribution in [0.2, 0.25) is 0 Å². The van der Waals surface area contributed by atoms with Gasteiger partial charge in [-0.1, -0.05) is 42.3 Å². The minimum absolute atomic E-state index is 0.697. The number of aryl methyl sites for hydroxylation is 1. The van der Waals surface area contributed by atoms with Crippen molar-refractivity contribution in [3.63, 3.8) is 0 Å². The number of piperidine rings is 1. The van der Waals surface area contributed by atoms with Gasteiger partial charge >= 0.3 is 0 Å². The summed E-state index contributed by atoms with van der Waals surface area (Å²) in [6.07, 6.45) is 6.78. The summed E-state index contributed by atoms with van der Waals surface area (Å²) in [5.74, 6) is 2.72. The van der Waals surface area contributed by atoms with Crippen molar-refractivity contribution in [2.45, 2.75) is 45.4 Å². The zero-order chi connectivity index (χ0) is 22.6. The lowest BCUT2D eigenvalue weighted by molar-refractivity contribution is 0.228. The van der Waals surface area contributed by atoms with E-state index in [1.54, 1.807) is 7.11 Å². The van der Waals surface area contributed by atoms with Crippen LogP contribution < -0.4 is 10.1 Å². The van der Waals surface area contributed by atoms with E-state index >= 15 is 0 Å². The largest absolute Gasteiger partial charge is 0.497 e. The van der Waals surface area contributed by atoms with E-state index in [9.17, 15) is 0 Å². The fourth-order valence-electron chi connectivity index (χ4n) is 5.13. The first-order chi connectivity index (χ1) is 16.2. The van der Waals surface area contributed by atoms with Crippen LogP contribution in [0.4, 0.5) is 5.82 Å². The maximum Gasteiger partial charge on any atom is 0.137 e. The van der Waals surface area contributed by atoms with Crippen molar-refractivity contribution < 1.29 is 4.74 Å². The van der Waals surface area contributed by atoms with Crippen LogP contribution in [0, 0.1) is 6.92 Å². The second kappa shape index (κ2) is 9.92. The first-order valence-electron chi connectivity index (χ1n) is 12.3. The highest BCUT2D eigenvalue weighted by atomic mass is 16.5. The predicted molar refractivity (Wildman–Crippen MR) is 134 cm³/mol. The number of benzene rings is 2. The number of nitrogens with one attached hydrogen (secondary N) is 1. The summed E-state index contributed by atoms with van der Waals surface area (Å²) in [6.45, 7) is 6.75. The quantitative estimate of drug-likeness (QED) is 0.378. The first kappa shape index (κ1) is 21.9. The van der Waals surface area contributed by atoms with Crippen molar-refractivity contribution in [2.75, 3.05) is 38.6 Å². The number of methoxy groups -OCH3 is 1. The van der Waals surface area contributed by atoms with Gasteiger partial charge < -0.3 is 15.0 Å². The molecule has 0 spiro atoms. The summed E-state index contributed by atoms with van der Waals surface area (Å²) < 4.78 is 5.40. The molecule has 0 unspecified atom stereocenters. The third kappa shape index (κ3) is 5.03. The zero-order valence-electron chi connectivity index (χ0n) is 19.9. The minimum atomic E-state index is 0.697. The van der Waals surface area contributed by atoms with E-state index < -0.39 is 0 Å². The average Bonchev–Trinajstić information content (AvgIpc) is 3.20. The Bertz CT molecular complexity index is 1120. The van der Waals surface area contributed by atoms with E-state index in [2.05, 4.69) is 47.5 Å². The van der Waals surface area contributed by atoms with Crippen LogP contribution >= 0.6 is 0 Å². The summed E-state index contributed by atoms with van der Waals surface area (Å²) >= 11 is 0. The number of aromatic nitrogens is 2. The molecule has 1 fully saturated rings. The number of anilines is 1. The molecule has 2 aromatic carbocycles. The summed E-state index contributed by atoms with van der Waals surface area (Å²) in [7, 11) is 1.70. The van der Waals surface area contributed by atoms with Gasteiger partial charge in [0.05, 0.1) is 12.8 Å². The molecule has 0 amide bonds. The molecule has 1 saturated heterocycles. The fourth-order valence-corrected chi connectivity index (χ4v) is 5.13. The van der Waals surface area contributed by atoms with Gasteiger partial charge in [0.25, 0.3) is 0 Å². The van der Waals surface area contributed by atoms with Crippen LogP contribution in [0.5, 0.6) is 5.75 Å². The lowest BCUT2D eigenvalue weighted by atomic mass is 10.0. The van der Waals surface area contributed by atoms with Crippen LogP contribution in [-0.4, -0.2) is 48.2 Å². The molecule has 0 atom stereocenters. The highest BCUT2D eigenvalue weighted by molar-refractivity contribution is 5.84. The Kier molecular flexibility index (Phi) is 6.58. The molecule has 33 heavy (non-hydrogen) atoms. The SMILES string of the molecule is COc1cccc(Cc2nc3c(c(NCCCN4CCCCC4)n2)-c2ccc(C)cc2C3)c1. The van der Waals surface area contributed by atoms with Crippen LogP contribution in [0.1, 0.15) is 53.9 Å². The molecule has 2 aliphatic rings. The van der Waals surface area contributed by atoms with E-state index in [1.165, 1.54) is 54.6 Å². The molecule has 1 aliphatic heterocycles. The minimum Gasteiger partial charge on any atom is -0.497 e. The number of hydrogen-bond donors (Lipinski definition) is 1. The Morgan fingerprint density at radius 3 is 2.76 bits per heavy atom. The van der Waals surface area contributed by atoms with Gasteiger partial charge in [0.1, 0.15) is 17.4 Å². The number of ether oxygens (including phenoxy) is 1. The van der Waals surface area contributed by atoms with Crippen molar-refractivity contribution in [2.24, 2.45) is 0 Å². The monoisotopic (exact) mass is 442 g/mol. The third-order valence-electron chi connectivity index (χ3n) is 6.81. The number of rotatable bonds is 8. The third-order valence-corrected chi connectivity index (χ3v) is 6.81. The molecule has 1 aromatic heterocycles. The molecule has 5 rings (SSSR count). The van der Waals surface area contributed by atoms with E-state index in [4.69, 9.17) is 14.7 Å². The van der Waals surface area contributed by atoms with Crippen molar-refractivity contribution in [1.82, 2.24) is 14.9 Å². The fraction of sp³-hybridized carbons (Fsp3) is 0.429. The number of hydrogen-bond acceptors (Lipinski definition) is 5.